The van der Waals surface area contributed by atoms with Crippen molar-refractivity contribution in [2.24, 2.45) is 0 Å². The number of thiophene rings is 1. The van der Waals surface area contributed by atoms with E-state index in [4.69, 9.17) is 4.74 Å². The van der Waals surface area contributed by atoms with Crippen molar-refractivity contribution in [2.75, 3.05) is 12.0 Å². The zero-order valence-corrected chi connectivity index (χ0v) is 18.9. The molecule has 1 N–H and O–H groups in total. The van der Waals surface area contributed by atoms with E-state index in [1.54, 1.807) is 29.6 Å². The van der Waals surface area contributed by atoms with Gasteiger partial charge in [0, 0.05) is 5.56 Å². The summed E-state index contributed by atoms with van der Waals surface area (Å²) >= 11 is 2.61. The van der Waals surface area contributed by atoms with Crippen LogP contribution < -0.4 is 9.64 Å². The third-order valence-electron chi connectivity index (χ3n) is 5.37. The number of anilines is 1. The van der Waals surface area contributed by atoms with Gasteiger partial charge in [0.05, 0.1) is 27.8 Å². The fourth-order valence-electron chi connectivity index (χ4n) is 3.88. The number of benzene rings is 2. The van der Waals surface area contributed by atoms with Gasteiger partial charge in [0.2, 0.25) is 5.78 Å². The number of ether oxygens (including phenoxy) is 1. The number of aliphatic hydroxyl groups is 1. The summed E-state index contributed by atoms with van der Waals surface area (Å²) in [5, 5.41) is 13.1. The van der Waals surface area contributed by atoms with Gasteiger partial charge in [-0.15, -0.1) is 11.3 Å². The summed E-state index contributed by atoms with van der Waals surface area (Å²) in [6, 6.07) is 15.6. The largest absolute Gasteiger partial charge is 0.503 e. The lowest BCUT2D eigenvalue weighted by molar-refractivity contribution is -0.117. The normalized spacial score (nSPS) is 16.2. The molecule has 3 heterocycles. The zero-order valence-electron chi connectivity index (χ0n) is 17.2. The number of amides is 1. The molecule has 1 amide bonds. The fourth-order valence-corrected chi connectivity index (χ4v) is 5.65. The van der Waals surface area contributed by atoms with Gasteiger partial charge in [-0.1, -0.05) is 41.7 Å². The summed E-state index contributed by atoms with van der Waals surface area (Å²) in [6.45, 7) is 1.99. The van der Waals surface area contributed by atoms with Crippen molar-refractivity contribution in [1.29, 1.82) is 0 Å². The van der Waals surface area contributed by atoms with Crippen LogP contribution >= 0.6 is 22.7 Å². The van der Waals surface area contributed by atoms with E-state index in [2.05, 4.69) is 4.98 Å². The predicted molar refractivity (Wildman–Crippen MR) is 126 cm³/mol. The highest BCUT2D eigenvalue weighted by atomic mass is 32.1. The Morgan fingerprint density at radius 3 is 2.72 bits per heavy atom. The number of hydrogen-bond donors (Lipinski definition) is 1. The van der Waals surface area contributed by atoms with Crippen molar-refractivity contribution in [1.82, 2.24) is 4.98 Å². The van der Waals surface area contributed by atoms with Gasteiger partial charge in [-0.3, -0.25) is 14.5 Å². The van der Waals surface area contributed by atoms with E-state index in [0.29, 0.717) is 21.3 Å². The van der Waals surface area contributed by atoms with E-state index in [1.165, 1.54) is 34.7 Å². The van der Waals surface area contributed by atoms with Crippen LogP contribution in [0.4, 0.5) is 5.13 Å². The number of methoxy groups -OCH3 is 1. The second kappa shape index (κ2) is 7.89. The van der Waals surface area contributed by atoms with Gasteiger partial charge in [0.1, 0.15) is 11.8 Å². The highest BCUT2D eigenvalue weighted by molar-refractivity contribution is 7.22. The molecular formula is C24H18N2O4S2. The number of ketones is 1. The molecule has 1 aliphatic heterocycles. The molecule has 0 saturated carbocycles. The van der Waals surface area contributed by atoms with Crippen LogP contribution in [0.2, 0.25) is 0 Å². The number of hydrogen-bond acceptors (Lipinski definition) is 7. The average Bonchev–Trinajstić information content (AvgIpc) is 3.52. The smallest absolute Gasteiger partial charge is 0.296 e. The van der Waals surface area contributed by atoms with Gasteiger partial charge in [0.15, 0.2) is 10.9 Å². The third kappa shape index (κ3) is 3.19. The second-order valence-electron chi connectivity index (χ2n) is 7.36. The minimum absolute atomic E-state index is 0.0254. The topological polar surface area (TPSA) is 79.7 Å². The minimum atomic E-state index is -0.866. The van der Waals surface area contributed by atoms with Crippen molar-refractivity contribution < 1.29 is 19.4 Å². The molecule has 1 aliphatic rings. The van der Waals surface area contributed by atoms with Crippen LogP contribution in [0.25, 0.3) is 10.2 Å². The van der Waals surface area contributed by atoms with Crippen LogP contribution in [-0.2, 0) is 4.79 Å². The number of aromatic nitrogens is 1. The maximum Gasteiger partial charge on any atom is 0.296 e. The molecule has 32 heavy (non-hydrogen) atoms. The third-order valence-corrected chi connectivity index (χ3v) is 7.26. The Labute approximate surface area is 192 Å². The Hall–Kier alpha value is -3.49. The molecular weight excluding hydrogens is 444 g/mol. The van der Waals surface area contributed by atoms with E-state index >= 15 is 0 Å². The molecule has 0 bridgehead atoms. The SMILES string of the molecule is COc1ccccc1C1C(C(=O)c2cccs2)=C(O)C(=O)N1c1nc2ccc(C)cc2s1. The van der Waals surface area contributed by atoms with Crippen molar-refractivity contribution in [3.63, 3.8) is 0 Å². The van der Waals surface area contributed by atoms with Crippen molar-refractivity contribution in [3.8, 4) is 5.75 Å². The number of carbonyl (C=O) groups is 2. The van der Waals surface area contributed by atoms with Crippen LogP contribution in [0.3, 0.4) is 0 Å². The van der Waals surface area contributed by atoms with E-state index in [-0.39, 0.29) is 11.4 Å². The highest BCUT2D eigenvalue weighted by Crippen LogP contribution is 2.46. The number of Topliss-reactive ketones (excluding diaryl/α,β-unsaturated/α-hetero) is 1. The highest BCUT2D eigenvalue weighted by Gasteiger charge is 2.47. The Kier molecular flexibility index (Phi) is 5.03. The summed E-state index contributed by atoms with van der Waals surface area (Å²) in [7, 11) is 1.53. The second-order valence-corrected chi connectivity index (χ2v) is 9.31. The summed E-state index contributed by atoms with van der Waals surface area (Å²) in [6.07, 6.45) is 0. The lowest BCUT2D eigenvalue weighted by Crippen LogP contribution is -2.31. The maximum atomic E-state index is 13.4. The summed E-state index contributed by atoms with van der Waals surface area (Å²) < 4.78 is 6.46. The molecule has 0 saturated heterocycles. The number of carbonyl (C=O) groups excluding carboxylic acids is 2. The number of thiazole rings is 1. The molecule has 0 spiro atoms. The first kappa shape index (κ1) is 20.4. The molecule has 160 valence electrons. The number of rotatable bonds is 5. The molecule has 1 unspecified atom stereocenters. The number of nitrogens with zero attached hydrogens (tertiary/aromatic N) is 2. The molecule has 0 fully saturated rings. The number of fused-ring (bicyclic) bond motifs is 1. The minimum Gasteiger partial charge on any atom is -0.503 e. The monoisotopic (exact) mass is 462 g/mol. The van der Waals surface area contributed by atoms with Gasteiger partial charge in [-0.05, 0) is 42.1 Å². The van der Waals surface area contributed by atoms with Gasteiger partial charge in [0.25, 0.3) is 5.91 Å². The Morgan fingerprint density at radius 2 is 1.97 bits per heavy atom. The zero-order chi connectivity index (χ0) is 22.4. The van der Waals surface area contributed by atoms with E-state index in [1.807, 2.05) is 37.3 Å². The van der Waals surface area contributed by atoms with Crippen molar-refractivity contribution >= 4 is 49.7 Å². The average molecular weight is 463 g/mol. The molecule has 2 aromatic heterocycles. The van der Waals surface area contributed by atoms with E-state index in [0.717, 1.165) is 15.8 Å². The number of aliphatic hydroxyl groups excluding tert-OH is 1. The van der Waals surface area contributed by atoms with Crippen LogP contribution in [-0.4, -0.2) is 28.9 Å². The lowest BCUT2D eigenvalue weighted by atomic mass is 9.95. The maximum absolute atomic E-state index is 13.4. The molecule has 6 nitrogen and oxygen atoms in total. The van der Waals surface area contributed by atoms with Gasteiger partial charge < -0.3 is 9.84 Å². The van der Waals surface area contributed by atoms with Gasteiger partial charge in [-0.2, -0.15) is 0 Å². The number of para-hydroxylation sites is 1. The van der Waals surface area contributed by atoms with Crippen LogP contribution in [0, 0.1) is 6.92 Å². The Morgan fingerprint density at radius 1 is 1.16 bits per heavy atom. The van der Waals surface area contributed by atoms with E-state index < -0.39 is 17.7 Å². The van der Waals surface area contributed by atoms with Crippen LogP contribution in [0.1, 0.15) is 26.8 Å². The van der Waals surface area contributed by atoms with Gasteiger partial charge >= 0.3 is 0 Å². The van der Waals surface area contributed by atoms with Gasteiger partial charge in [-0.25, -0.2) is 4.98 Å². The summed E-state index contributed by atoms with van der Waals surface area (Å²) in [4.78, 5) is 33.2. The first-order valence-corrected chi connectivity index (χ1v) is 11.5. The molecule has 0 aliphatic carbocycles. The molecule has 5 rings (SSSR count). The van der Waals surface area contributed by atoms with Crippen LogP contribution in [0.5, 0.6) is 5.75 Å². The quantitative estimate of drug-likeness (QED) is 0.399. The van der Waals surface area contributed by atoms with E-state index in [9.17, 15) is 14.7 Å². The molecule has 8 heteroatoms. The standard InChI is InChI=1S/C24H18N2O4S2/c1-13-9-10-15-18(12-13)32-24(25-15)26-20(14-6-3-4-7-16(14)30-2)19(22(28)23(26)29)21(27)17-8-5-11-31-17/h3-12,20,28H,1-2H3. The number of aryl methyl sites for hydroxylation is 1. The molecule has 1 atom stereocenters. The van der Waals surface area contributed by atoms with Crippen molar-refractivity contribution in [3.05, 3.63) is 87.3 Å². The fraction of sp³-hybridized carbons (Fsp3) is 0.125. The summed E-state index contributed by atoms with van der Waals surface area (Å²) in [5.74, 6) is -1.09. The summed E-state index contributed by atoms with van der Waals surface area (Å²) in [5.41, 5.74) is 2.45. The predicted octanol–water partition coefficient (Wildman–Crippen LogP) is 5.46. The lowest BCUT2D eigenvalue weighted by Gasteiger charge is -2.25. The van der Waals surface area contributed by atoms with Crippen LogP contribution in [0.15, 0.2) is 71.3 Å². The Balaban J connectivity index is 1.72. The first-order valence-electron chi connectivity index (χ1n) is 9.84. The molecule has 4 aromatic rings. The molecule has 2 aromatic carbocycles. The Bertz CT molecular complexity index is 1390. The molecule has 0 radical (unpaired) electrons. The van der Waals surface area contributed by atoms with Crippen molar-refractivity contribution in [2.45, 2.75) is 13.0 Å². The first-order chi connectivity index (χ1) is 15.5.